The van der Waals surface area contributed by atoms with E-state index in [2.05, 4.69) is 26.1 Å². The molecule has 20 heavy (non-hydrogen) atoms. The van der Waals surface area contributed by atoms with Gasteiger partial charge in [0.2, 0.25) is 11.7 Å². The van der Waals surface area contributed by atoms with Crippen molar-refractivity contribution in [2.45, 2.75) is 24.3 Å². The molecule has 1 atom stereocenters. The predicted molar refractivity (Wildman–Crippen MR) is 66.7 cm³/mol. The van der Waals surface area contributed by atoms with E-state index < -0.39 is 17.6 Å². The number of benzene rings is 1. The molecule has 0 aliphatic heterocycles. The molecule has 0 saturated heterocycles. The normalized spacial score (nSPS) is 13.5. The van der Waals surface area contributed by atoms with Crippen LogP contribution in [0.4, 0.5) is 17.6 Å². The van der Waals surface area contributed by atoms with Crippen molar-refractivity contribution >= 4 is 15.9 Å². The number of nitrogens with zero attached hydrogens (tertiary/aromatic N) is 2. The summed E-state index contributed by atoms with van der Waals surface area (Å²) in [5, 5.41) is 3.52. The van der Waals surface area contributed by atoms with Gasteiger partial charge in [0.15, 0.2) is 0 Å². The quantitative estimate of drug-likeness (QED) is 0.591. The fraction of sp³-hybridized carbons (Fsp3) is 0.333. The highest BCUT2D eigenvalue weighted by atomic mass is 79.9. The molecule has 2 aromatic rings. The smallest absolute Gasteiger partial charge is 0.338 e. The van der Waals surface area contributed by atoms with Gasteiger partial charge in [-0.2, -0.15) is 18.2 Å². The summed E-state index contributed by atoms with van der Waals surface area (Å²) in [6, 6.07) is 2.32. The van der Waals surface area contributed by atoms with Gasteiger partial charge < -0.3 is 4.52 Å². The van der Waals surface area contributed by atoms with E-state index in [-0.39, 0.29) is 22.1 Å². The Morgan fingerprint density at radius 2 is 2.05 bits per heavy atom. The van der Waals surface area contributed by atoms with Gasteiger partial charge in [0.05, 0.1) is 10.4 Å². The molecule has 1 aromatic heterocycles. The molecular formula is C12H9BrF4N2O. The van der Waals surface area contributed by atoms with E-state index in [1.807, 2.05) is 6.92 Å². The SMILES string of the molecule is CCC(Br)c1nc(-c2ccc(F)cc2C(F)(F)F)no1. The van der Waals surface area contributed by atoms with Gasteiger partial charge in [0, 0.05) is 5.56 Å². The minimum Gasteiger partial charge on any atom is -0.338 e. The predicted octanol–water partition coefficient (Wildman–Crippen LogP) is 4.74. The molecule has 0 fully saturated rings. The molecule has 8 heteroatoms. The summed E-state index contributed by atoms with van der Waals surface area (Å²) in [6.07, 6.45) is -4.06. The van der Waals surface area contributed by atoms with Crippen molar-refractivity contribution in [1.82, 2.24) is 10.1 Å². The lowest BCUT2D eigenvalue weighted by molar-refractivity contribution is -0.137. The van der Waals surface area contributed by atoms with Crippen molar-refractivity contribution < 1.29 is 22.1 Å². The third kappa shape index (κ3) is 3.00. The van der Waals surface area contributed by atoms with Crippen LogP contribution in [0.5, 0.6) is 0 Å². The molecule has 1 unspecified atom stereocenters. The number of alkyl halides is 4. The van der Waals surface area contributed by atoms with Crippen molar-refractivity contribution in [1.29, 1.82) is 0 Å². The zero-order valence-electron chi connectivity index (χ0n) is 10.2. The minimum atomic E-state index is -4.70. The highest BCUT2D eigenvalue weighted by Gasteiger charge is 2.35. The first kappa shape index (κ1) is 15.0. The summed E-state index contributed by atoms with van der Waals surface area (Å²) in [5.74, 6) is -1.01. The van der Waals surface area contributed by atoms with Gasteiger partial charge in [0.25, 0.3) is 0 Å². The van der Waals surface area contributed by atoms with Crippen LogP contribution < -0.4 is 0 Å². The number of hydrogen-bond donors (Lipinski definition) is 0. The Morgan fingerprint density at radius 3 is 2.65 bits per heavy atom. The first-order valence-electron chi connectivity index (χ1n) is 5.67. The molecule has 108 valence electrons. The molecule has 0 bridgehead atoms. The summed E-state index contributed by atoms with van der Waals surface area (Å²) in [7, 11) is 0. The largest absolute Gasteiger partial charge is 0.417 e. The van der Waals surface area contributed by atoms with Crippen LogP contribution in [-0.4, -0.2) is 10.1 Å². The number of hydrogen-bond acceptors (Lipinski definition) is 3. The second-order valence-corrected chi connectivity index (χ2v) is 5.12. The topological polar surface area (TPSA) is 38.9 Å². The number of rotatable bonds is 3. The summed E-state index contributed by atoms with van der Waals surface area (Å²) in [4.78, 5) is 3.67. The lowest BCUT2D eigenvalue weighted by Gasteiger charge is -2.10. The third-order valence-corrected chi connectivity index (χ3v) is 3.64. The monoisotopic (exact) mass is 352 g/mol. The highest BCUT2D eigenvalue weighted by molar-refractivity contribution is 9.09. The Kier molecular flexibility index (Phi) is 4.12. The highest BCUT2D eigenvalue weighted by Crippen LogP contribution is 2.37. The Hall–Kier alpha value is -1.44. The molecule has 0 N–H and O–H groups in total. The van der Waals surface area contributed by atoms with Gasteiger partial charge in [-0.3, -0.25) is 0 Å². The zero-order chi connectivity index (χ0) is 14.9. The summed E-state index contributed by atoms with van der Waals surface area (Å²) < 4.78 is 56.6. The fourth-order valence-electron chi connectivity index (χ4n) is 1.59. The molecule has 0 aliphatic rings. The van der Waals surface area contributed by atoms with Crippen LogP contribution in [0.3, 0.4) is 0 Å². The standard InChI is InChI=1S/C12H9BrF4N2O/c1-2-9(13)11-18-10(19-20-11)7-4-3-6(14)5-8(7)12(15,16)17/h3-5,9H,2H2,1H3. The Bertz CT molecular complexity index is 612. The van der Waals surface area contributed by atoms with Gasteiger partial charge >= 0.3 is 6.18 Å². The van der Waals surface area contributed by atoms with Crippen LogP contribution in [0.2, 0.25) is 0 Å². The van der Waals surface area contributed by atoms with Crippen molar-refractivity contribution in [3.05, 3.63) is 35.5 Å². The van der Waals surface area contributed by atoms with Crippen LogP contribution in [0, 0.1) is 5.82 Å². The summed E-state index contributed by atoms with van der Waals surface area (Å²) in [5.41, 5.74) is -1.45. The van der Waals surface area contributed by atoms with E-state index >= 15 is 0 Å². The zero-order valence-corrected chi connectivity index (χ0v) is 11.8. The summed E-state index contributed by atoms with van der Waals surface area (Å²) >= 11 is 3.26. The molecule has 0 radical (unpaired) electrons. The second kappa shape index (κ2) is 5.51. The average Bonchev–Trinajstić information content (AvgIpc) is 2.86. The van der Waals surface area contributed by atoms with Crippen molar-refractivity contribution in [2.75, 3.05) is 0 Å². The minimum absolute atomic E-state index is 0.181. The van der Waals surface area contributed by atoms with Crippen LogP contribution in [0.1, 0.15) is 29.6 Å². The Labute approximate surface area is 120 Å². The molecule has 3 nitrogen and oxygen atoms in total. The first-order valence-corrected chi connectivity index (χ1v) is 6.59. The Balaban J connectivity index is 2.50. The lowest BCUT2D eigenvalue weighted by Crippen LogP contribution is -2.08. The van der Waals surface area contributed by atoms with Crippen molar-refractivity contribution in [3.63, 3.8) is 0 Å². The number of aromatic nitrogens is 2. The van der Waals surface area contributed by atoms with E-state index in [9.17, 15) is 17.6 Å². The Morgan fingerprint density at radius 1 is 1.35 bits per heavy atom. The lowest BCUT2D eigenvalue weighted by atomic mass is 10.1. The van der Waals surface area contributed by atoms with E-state index in [1.165, 1.54) is 0 Å². The van der Waals surface area contributed by atoms with E-state index in [0.29, 0.717) is 12.5 Å². The number of halogens is 5. The van der Waals surface area contributed by atoms with E-state index in [0.717, 1.165) is 12.1 Å². The van der Waals surface area contributed by atoms with E-state index in [4.69, 9.17) is 4.52 Å². The summed E-state index contributed by atoms with van der Waals surface area (Å²) in [6.45, 7) is 1.85. The van der Waals surface area contributed by atoms with Gasteiger partial charge in [-0.1, -0.05) is 28.0 Å². The molecule has 0 amide bonds. The maximum Gasteiger partial charge on any atom is 0.417 e. The first-order chi connectivity index (χ1) is 9.32. The third-order valence-electron chi connectivity index (χ3n) is 2.60. The molecule has 1 heterocycles. The van der Waals surface area contributed by atoms with Crippen LogP contribution in [0.15, 0.2) is 22.7 Å². The van der Waals surface area contributed by atoms with Crippen molar-refractivity contribution in [2.24, 2.45) is 0 Å². The second-order valence-electron chi connectivity index (χ2n) is 4.02. The molecule has 0 saturated carbocycles. The van der Waals surface area contributed by atoms with Crippen molar-refractivity contribution in [3.8, 4) is 11.4 Å². The van der Waals surface area contributed by atoms with Crippen LogP contribution in [-0.2, 0) is 6.18 Å². The van der Waals surface area contributed by atoms with Crippen LogP contribution >= 0.6 is 15.9 Å². The van der Waals surface area contributed by atoms with Gasteiger partial charge in [-0.25, -0.2) is 4.39 Å². The van der Waals surface area contributed by atoms with Gasteiger partial charge in [-0.15, -0.1) is 0 Å². The van der Waals surface area contributed by atoms with Gasteiger partial charge in [0.1, 0.15) is 5.82 Å². The van der Waals surface area contributed by atoms with E-state index in [1.54, 1.807) is 0 Å². The molecule has 2 rings (SSSR count). The fourth-order valence-corrected chi connectivity index (χ4v) is 1.78. The molecule has 0 aliphatic carbocycles. The maximum atomic E-state index is 13.0. The maximum absolute atomic E-state index is 13.0. The molecule has 0 spiro atoms. The van der Waals surface area contributed by atoms with Gasteiger partial charge in [-0.05, 0) is 24.6 Å². The molecule has 1 aromatic carbocycles. The van der Waals surface area contributed by atoms with Crippen LogP contribution in [0.25, 0.3) is 11.4 Å². The average molecular weight is 353 g/mol. The molecular weight excluding hydrogens is 344 g/mol.